The lowest BCUT2D eigenvalue weighted by Gasteiger charge is -2.12. The zero-order valence-electron chi connectivity index (χ0n) is 9.89. The zero-order valence-corrected chi connectivity index (χ0v) is 12.0. The molecule has 1 amide bonds. The Bertz CT molecular complexity index is 398. The predicted octanol–water partition coefficient (Wildman–Crippen LogP) is 2.76. The van der Waals surface area contributed by atoms with Crippen molar-refractivity contribution in [3.05, 3.63) is 27.6 Å². The van der Waals surface area contributed by atoms with Gasteiger partial charge < -0.3 is 10.6 Å². The summed E-state index contributed by atoms with van der Waals surface area (Å²) in [6.07, 6.45) is 0.963. The van der Waals surface area contributed by atoms with Gasteiger partial charge in [0, 0.05) is 6.04 Å². The summed E-state index contributed by atoms with van der Waals surface area (Å²) in [5.74, 6) is -0.480. The molecule has 0 heterocycles. The normalized spacial score (nSPS) is 12.2. The smallest absolute Gasteiger partial charge is 0.238 e. The fourth-order valence-electron chi connectivity index (χ4n) is 1.21. The number of halogens is 2. The highest BCUT2D eigenvalue weighted by atomic mass is 127. The molecule has 0 aliphatic heterocycles. The van der Waals surface area contributed by atoms with Crippen LogP contribution in [0.1, 0.15) is 20.3 Å². The minimum atomic E-state index is -0.321. The number of amides is 1. The van der Waals surface area contributed by atoms with Crippen molar-refractivity contribution in [2.24, 2.45) is 0 Å². The summed E-state index contributed by atoms with van der Waals surface area (Å²) in [5.41, 5.74) is 0.515. The van der Waals surface area contributed by atoms with E-state index >= 15 is 0 Å². The van der Waals surface area contributed by atoms with E-state index in [1.165, 1.54) is 6.07 Å². The van der Waals surface area contributed by atoms with E-state index in [-0.39, 0.29) is 18.3 Å². The summed E-state index contributed by atoms with van der Waals surface area (Å²) in [5, 5.41) is 5.76. The van der Waals surface area contributed by atoms with Gasteiger partial charge in [-0.3, -0.25) is 4.79 Å². The molecule has 0 saturated carbocycles. The van der Waals surface area contributed by atoms with Crippen molar-refractivity contribution in [1.29, 1.82) is 0 Å². The van der Waals surface area contributed by atoms with Crippen LogP contribution in [0.3, 0.4) is 0 Å². The lowest BCUT2D eigenvalue weighted by molar-refractivity contribution is -0.115. The highest BCUT2D eigenvalue weighted by Gasteiger charge is 2.09. The number of anilines is 1. The first-order valence-corrected chi connectivity index (χ1v) is 6.59. The van der Waals surface area contributed by atoms with Gasteiger partial charge in [-0.2, -0.15) is 0 Å². The molecule has 0 aliphatic carbocycles. The lowest BCUT2D eigenvalue weighted by Crippen LogP contribution is -2.34. The second-order valence-electron chi connectivity index (χ2n) is 3.84. The van der Waals surface area contributed by atoms with Crippen LogP contribution in [0.5, 0.6) is 0 Å². The summed E-state index contributed by atoms with van der Waals surface area (Å²) in [6.45, 7) is 4.30. The first-order chi connectivity index (χ1) is 8.04. The Labute approximate surface area is 114 Å². The Hall–Kier alpha value is -0.690. The quantitative estimate of drug-likeness (QED) is 0.802. The van der Waals surface area contributed by atoms with Crippen LogP contribution in [0.25, 0.3) is 0 Å². The van der Waals surface area contributed by atoms with Crippen molar-refractivity contribution in [2.75, 3.05) is 11.9 Å². The standard InChI is InChI=1S/C12H16FIN2O/c1-3-8(2)15-7-11(17)16-10-6-4-5-9(13)12(10)14/h4-6,8,15H,3,7H2,1-2H3,(H,16,17). The molecule has 0 fully saturated rings. The second kappa shape index (κ2) is 6.90. The van der Waals surface area contributed by atoms with E-state index in [1.807, 2.05) is 36.4 Å². The van der Waals surface area contributed by atoms with Gasteiger partial charge in [0.25, 0.3) is 0 Å². The molecule has 17 heavy (non-hydrogen) atoms. The van der Waals surface area contributed by atoms with E-state index in [1.54, 1.807) is 12.1 Å². The van der Waals surface area contributed by atoms with Crippen molar-refractivity contribution in [3.8, 4) is 0 Å². The van der Waals surface area contributed by atoms with E-state index in [0.717, 1.165) is 6.42 Å². The monoisotopic (exact) mass is 350 g/mol. The molecule has 1 atom stereocenters. The molecular formula is C12H16FIN2O. The molecule has 1 rings (SSSR count). The Morgan fingerprint density at radius 2 is 2.24 bits per heavy atom. The van der Waals surface area contributed by atoms with Gasteiger partial charge in [0.2, 0.25) is 5.91 Å². The van der Waals surface area contributed by atoms with E-state index in [9.17, 15) is 9.18 Å². The van der Waals surface area contributed by atoms with Gasteiger partial charge in [-0.25, -0.2) is 4.39 Å². The summed E-state index contributed by atoms with van der Waals surface area (Å²) in [4.78, 5) is 11.6. The summed E-state index contributed by atoms with van der Waals surface area (Å²) >= 11 is 1.88. The molecule has 0 saturated heterocycles. The number of carbonyl (C=O) groups excluding carboxylic acids is 1. The summed E-state index contributed by atoms with van der Waals surface area (Å²) in [7, 11) is 0. The van der Waals surface area contributed by atoms with Crippen LogP contribution in [-0.2, 0) is 4.79 Å². The SMILES string of the molecule is CCC(C)NCC(=O)Nc1cccc(F)c1I. The molecule has 1 aromatic carbocycles. The number of hydrogen-bond acceptors (Lipinski definition) is 2. The van der Waals surface area contributed by atoms with Gasteiger partial charge in [0.05, 0.1) is 15.8 Å². The van der Waals surface area contributed by atoms with Gasteiger partial charge in [-0.1, -0.05) is 13.0 Å². The first kappa shape index (κ1) is 14.4. The number of hydrogen-bond donors (Lipinski definition) is 2. The Morgan fingerprint density at radius 3 is 2.88 bits per heavy atom. The highest BCUT2D eigenvalue weighted by Crippen LogP contribution is 2.20. The van der Waals surface area contributed by atoms with Crippen LogP contribution in [0.4, 0.5) is 10.1 Å². The maximum Gasteiger partial charge on any atom is 0.238 e. The Balaban J connectivity index is 2.54. The molecule has 3 nitrogen and oxygen atoms in total. The molecular weight excluding hydrogens is 334 g/mol. The van der Waals surface area contributed by atoms with Crippen molar-refractivity contribution in [1.82, 2.24) is 5.32 Å². The zero-order chi connectivity index (χ0) is 12.8. The third-order valence-corrected chi connectivity index (χ3v) is 3.55. The number of rotatable bonds is 5. The molecule has 0 aliphatic rings. The summed E-state index contributed by atoms with van der Waals surface area (Å²) < 4.78 is 13.7. The number of carbonyl (C=O) groups is 1. The van der Waals surface area contributed by atoms with Crippen LogP contribution in [-0.4, -0.2) is 18.5 Å². The lowest BCUT2D eigenvalue weighted by atomic mass is 10.2. The first-order valence-electron chi connectivity index (χ1n) is 5.51. The molecule has 0 radical (unpaired) electrons. The molecule has 94 valence electrons. The van der Waals surface area contributed by atoms with Gasteiger partial charge in [0.15, 0.2) is 0 Å². The van der Waals surface area contributed by atoms with Crippen LogP contribution in [0.15, 0.2) is 18.2 Å². The third kappa shape index (κ3) is 4.59. The molecule has 1 unspecified atom stereocenters. The minimum Gasteiger partial charge on any atom is -0.324 e. The maximum atomic E-state index is 13.2. The number of nitrogens with one attached hydrogen (secondary N) is 2. The van der Waals surface area contributed by atoms with E-state index in [4.69, 9.17) is 0 Å². The van der Waals surface area contributed by atoms with Crippen molar-refractivity contribution in [2.45, 2.75) is 26.3 Å². The molecule has 0 aromatic heterocycles. The molecule has 2 N–H and O–H groups in total. The third-order valence-electron chi connectivity index (χ3n) is 2.45. The van der Waals surface area contributed by atoms with Crippen molar-refractivity contribution >= 4 is 34.2 Å². The van der Waals surface area contributed by atoms with Crippen molar-refractivity contribution in [3.63, 3.8) is 0 Å². The maximum absolute atomic E-state index is 13.2. The van der Waals surface area contributed by atoms with Gasteiger partial charge in [0.1, 0.15) is 5.82 Å². The van der Waals surface area contributed by atoms with Gasteiger partial charge in [-0.15, -0.1) is 0 Å². The average molecular weight is 350 g/mol. The van der Waals surface area contributed by atoms with Gasteiger partial charge in [-0.05, 0) is 48.1 Å². The summed E-state index contributed by atoms with van der Waals surface area (Å²) in [6, 6.07) is 4.93. The Kier molecular flexibility index (Phi) is 5.84. The topological polar surface area (TPSA) is 41.1 Å². The van der Waals surface area contributed by atoms with E-state index < -0.39 is 0 Å². The minimum absolute atomic E-state index is 0.159. The fourth-order valence-corrected chi connectivity index (χ4v) is 1.70. The van der Waals surface area contributed by atoms with E-state index in [0.29, 0.717) is 15.3 Å². The molecule has 0 spiro atoms. The molecule has 1 aromatic rings. The van der Waals surface area contributed by atoms with Crippen LogP contribution in [0, 0.1) is 9.39 Å². The molecule has 5 heteroatoms. The predicted molar refractivity (Wildman–Crippen MR) is 75.5 cm³/mol. The highest BCUT2D eigenvalue weighted by molar-refractivity contribution is 14.1. The van der Waals surface area contributed by atoms with Crippen LogP contribution < -0.4 is 10.6 Å². The second-order valence-corrected chi connectivity index (χ2v) is 4.92. The van der Waals surface area contributed by atoms with Crippen LogP contribution >= 0.6 is 22.6 Å². The van der Waals surface area contributed by atoms with E-state index in [2.05, 4.69) is 10.6 Å². The van der Waals surface area contributed by atoms with Crippen LogP contribution in [0.2, 0.25) is 0 Å². The Morgan fingerprint density at radius 1 is 1.53 bits per heavy atom. The molecule has 0 bridgehead atoms. The largest absolute Gasteiger partial charge is 0.324 e. The van der Waals surface area contributed by atoms with Crippen molar-refractivity contribution < 1.29 is 9.18 Å². The number of benzene rings is 1. The average Bonchev–Trinajstić information content (AvgIpc) is 2.32. The van der Waals surface area contributed by atoms with Gasteiger partial charge >= 0.3 is 0 Å². The fraction of sp³-hybridized carbons (Fsp3) is 0.417.